The molecule has 0 aliphatic rings. The molecule has 0 saturated heterocycles. The van der Waals surface area contributed by atoms with E-state index in [1.807, 2.05) is 27.2 Å². The van der Waals surface area contributed by atoms with E-state index in [9.17, 15) is 19.4 Å². The molecule has 0 fully saturated rings. The summed E-state index contributed by atoms with van der Waals surface area (Å²) in [6.45, 7) is 4.66. The number of phosphoric ester groups is 1. The number of hydrogen-bond donors (Lipinski definition) is 2. The smallest absolute Gasteiger partial charge is 0.268 e. The van der Waals surface area contributed by atoms with E-state index in [1.165, 1.54) is 218 Å². The normalized spacial score (nSPS) is 14.2. The number of unbranched alkanes of at least 4 members (excludes halogenated alkanes) is 37. The number of aliphatic hydroxyl groups is 1. The second kappa shape index (κ2) is 50.7. The second-order valence-electron chi connectivity index (χ2n) is 21.3. The lowest BCUT2D eigenvalue weighted by molar-refractivity contribution is -0.870. The van der Waals surface area contributed by atoms with Gasteiger partial charge >= 0.3 is 0 Å². The van der Waals surface area contributed by atoms with Crippen molar-refractivity contribution in [3.8, 4) is 0 Å². The van der Waals surface area contributed by atoms with Crippen LogP contribution in [0.1, 0.15) is 284 Å². The molecule has 3 atom stereocenters. The van der Waals surface area contributed by atoms with Crippen molar-refractivity contribution >= 4 is 13.7 Å². The van der Waals surface area contributed by atoms with Gasteiger partial charge in [-0.05, 0) is 44.9 Å². The first-order valence-electron chi connectivity index (χ1n) is 29.4. The first-order chi connectivity index (χ1) is 33.0. The zero-order valence-corrected chi connectivity index (χ0v) is 46.7. The Balaban J connectivity index is 4.23. The maximum absolute atomic E-state index is 13.0. The monoisotopic (exact) mass is 979 g/mol. The van der Waals surface area contributed by atoms with E-state index in [1.54, 1.807) is 6.08 Å². The van der Waals surface area contributed by atoms with Crippen LogP contribution >= 0.6 is 7.82 Å². The fourth-order valence-electron chi connectivity index (χ4n) is 8.72. The summed E-state index contributed by atoms with van der Waals surface area (Å²) < 4.78 is 23.3. The van der Waals surface area contributed by atoms with Crippen molar-refractivity contribution in [1.82, 2.24) is 5.32 Å². The number of hydrogen-bond acceptors (Lipinski definition) is 6. The van der Waals surface area contributed by atoms with Gasteiger partial charge in [0, 0.05) is 6.42 Å². The van der Waals surface area contributed by atoms with Crippen molar-refractivity contribution in [2.75, 3.05) is 40.9 Å². The van der Waals surface area contributed by atoms with Crippen molar-refractivity contribution in [2.24, 2.45) is 0 Å². The van der Waals surface area contributed by atoms with Crippen LogP contribution in [0, 0.1) is 0 Å². The Morgan fingerprint density at radius 1 is 0.500 bits per heavy atom. The van der Waals surface area contributed by atoms with Gasteiger partial charge in [-0.3, -0.25) is 9.36 Å². The summed E-state index contributed by atoms with van der Waals surface area (Å²) in [5.41, 5.74) is 0. The quantitative estimate of drug-likeness (QED) is 0.0272. The topological polar surface area (TPSA) is 108 Å². The van der Waals surface area contributed by atoms with Gasteiger partial charge in [0.15, 0.2) is 0 Å². The van der Waals surface area contributed by atoms with Crippen LogP contribution in [0.3, 0.4) is 0 Å². The molecule has 0 aromatic heterocycles. The molecule has 0 aromatic carbocycles. The molecule has 402 valence electrons. The van der Waals surface area contributed by atoms with E-state index in [0.29, 0.717) is 17.4 Å². The van der Waals surface area contributed by atoms with E-state index in [4.69, 9.17) is 9.05 Å². The molecule has 0 saturated carbocycles. The summed E-state index contributed by atoms with van der Waals surface area (Å²) in [6.07, 6.45) is 65.2. The maximum Gasteiger partial charge on any atom is 0.268 e. The molecule has 0 aliphatic carbocycles. The molecule has 8 nitrogen and oxygen atoms in total. The Morgan fingerprint density at radius 3 is 1.19 bits per heavy atom. The molecule has 3 unspecified atom stereocenters. The Morgan fingerprint density at radius 2 is 0.824 bits per heavy atom. The molecule has 0 radical (unpaired) electrons. The third-order valence-electron chi connectivity index (χ3n) is 13.3. The zero-order valence-electron chi connectivity index (χ0n) is 45.8. The van der Waals surface area contributed by atoms with Crippen LogP contribution in [-0.4, -0.2) is 68.5 Å². The molecule has 0 aliphatic heterocycles. The summed E-state index contributed by atoms with van der Waals surface area (Å²) in [7, 11) is 1.25. The van der Waals surface area contributed by atoms with Crippen molar-refractivity contribution in [1.29, 1.82) is 0 Å². The lowest BCUT2D eigenvalue weighted by Gasteiger charge is -2.29. The van der Waals surface area contributed by atoms with E-state index >= 15 is 0 Å². The summed E-state index contributed by atoms with van der Waals surface area (Å²) in [6, 6.07) is -0.908. The fourth-order valence-corrected chi connectivity index (χ4v) is 9.44. The number of phosphoric acid groups is 1. The summed E-state index contributed by atoms with van der Waals surface area (Å²) >= 11 is 0. The van der Waals surface area contributed by atoms with Gasteiger partial charge in [-0.25, -0.2) is 0 Å². The number of aliphatic hydroxyl groups excluding tert-OH is 1. The van der Waals surface area contributed by atoms with Crippen LogP contribution in [0.2, 0.25) is 0 Å². The molecule has 0 heterocycles. The number of carbonyl (C=O) groups is 1. The fraction of sp³-hybridized carbons (Fsp3) is 0.881. The molecule has 0 aromatic rings. The van der Waals surface area contributed by atoms with Gasteiger partial charge in [0.1, 0.15) is 13.2 Å². The first kappa shape index (κ1) is 66.7. The first-order valence-corrected chi connectivity index (χ1v) is 30.8. The minimum atomic E-state index is -4.61. The molecular formula is C59H115N2O6P. The maximum atomic E-state index is 13.0. The number of nitrogens with zero attached hydrogens (tertiary/aromatic N) is 1. The highest BCUT2D eigenvalue weighted by molar-refractivity contribution is 7.45. The van der Waals surface area contributed by atoms with Crippen molar-refractivity contribution in [2.45, 2.75) is 296 Å². The number of allylic oxidation sites excluding steroid dienone is 5. The summed E-state index contributed by atoms with van der Waals surface area (Å²) in [4.78, 5) is 25.5. The van der Waals surface area contributed by atoms with Gasteiger partial charge in [0.2, 0.25) is 5.91 Å². The van der Waals surface area contributed by atoms with Crippen molar-refractivity contribution < 1.29 is 32.9 Å². The molecule has 68 heavy (non-hydrogen) atoms. The number of nitrogens with one attached hydrogen (secondary N) is 1. The molecule has 1 amide bonds. The lowest BCUT2D eigenvalue weighted by atomic mass is 10.0. The van der Waals surface area contributed by atoms with Gasteiger partial charge in [-0.15, -0.1) is 0 Å². The van der Waals surface area contributed by atoms with Crippen LogP contribution in [-0.2, 0) is 18.4 Å². The third-order valence-corrected chi connectivity index (χ3v) is 14.3. The lowest BCUT2D eigenvalue weighted by Crippen LogP contribution is -2.45. The average Bonchev–Trinajstić information content (AvgIpc) is 3.30. The van der Waals surface area contributed by atoms with Gasteiger partial charge in [0.25, 0.3) is 7.82 Å². The Kier molecular flexibility index (Phi) is 49.7. The van der Waals surface area contributed by atoms with E-state index < -0.39 is 26.6 Å². The number of quaternary nitrogens is 1. The Bertz CT molecular complexity index is 1200. The number of amides is 1. The molecule has 0 spiro atoms. The van der Waals surface area contributed by atoms with Crippen molar-refractivity contribution in [3.63, 3.8) is 0 Å². The van der Waals surface area contributed by atoms with Crippen LogP contribution < -0.4 is 10.2 Å². The average molecular weight is 980 g/mol. The SMILES string of the molecule is CCCCCCCCCCCCC/C=C/CC/C=C/CC/C=C/C(O)C(COP(=O)([O-])OCC[N+](C)(C)C)NC(=O)CCCCCCCCCCCCCCCCCCCCCCCCCCC. The molecular weight excluding hydrogens is 864 g/mol. The van der Waals surface area contributed by atoms with E-state index in [-0.39, 0.29) is 12.5 Å². The van der Waals surface area contributed by atoms with Crippen LogP contribution in [0.25, 0.3) is 0 Å². The summed E-state index contributed by atoms with van der Waals surface area (Å²) in [5, 5.41) is 13.9. The summed E-state index contributed by atoms with van der Waals surface area (Å²) in [5.74, 6) is -0.206. The predicted octanol–water partition coefficient (Wildman–Crippen LogP) is 17.1. The third kappa shape index (κ3) is 52.5. The molecule has 0 bridgehead atoms. The van der Waals surface area contributed by atoms with Crippen molar-refractivity contribution in [3.05, 3.63) is 36.5 Å². The molecule has 9 heteroatoms. The highest BCUT2D eigenvalue weighted by Gasteiger charge is 2.23. The number of likely N-dealkylation sites (N-methyl/N-ethyl adjacent to an activating group) is 1. The highest BCUT2D eigenvalue weighted by Crippen LogP contribution is 2.38. The molecule has 0 rings (SSSR count). The zero-order chi connectivity index (χ0) is 49.9. The van der Waals surface area contributed by atoms with Crippen LogP contribution in [0.15, 0.2) is 36.5 Å². The van der Waals surface area contributed by atoms with Gasteiger partial charge in [-0.2, -0.15) is 0 Å². The van der Waals surface area contributed by atoms with E-state index in [0.717, 1.165) is 44.9 Å². The Hall–Kier alpha value is -1.28. The van der Waals surface area contributed by atoms with Gasteiger partial charge < -0.3 is 28.8 Å². The standard InChI is InChI=1S/C59H115N2O6P/c1-6-8-10-12-14-16-18-20-22-24-26-28-29-30-31-33-35-37-39-41-43-45-47-49-51-53-59(63)60-57(56-67-68(64,65)66-55-54-61(3,4)5)58(62)52-50-48-46-44-42-40-38-36-34-32-27-25-23-21-19-17-15-13-11-9-7-2/h34,36,42,44,50,52,57-58,62H,6-33,35,37-41,43,45-49,51,53-56H2,1-5H3,(H-,60,63,64,65)/b36-34+,44-42+,52-50+. The minimum absolute atomic E-state index is 0.00735. The van der Waals surface area contributed by atoms with Gasteiger partial charge in [0.05, 0.1) is 39.9 Å². The van der Waals surface area contributed by atoms with Gasteiger partial charge in [-0.1, -0.05) is 269 Å². The Labute approximate surface area is 423 Å². The predicted molar refractivity (Wildman–Crippen MR) is 293 cm³/mol. The highest BCUT2D eigenvalue weighted by atomic mass is 31.2. The number of carbonyl (C=O) groups excluding carboxylic acids is 1. The van der Waals surface area contributed by atoms with E-state index in [2.05, 4.69) is 43.5 Å². The minimum Gasteiger partial charge on any atom is -0.756 e. The van der Waals surface area contributed by atoms with Crippen LogP contribution in [0.4, 0.5) is 0 Å². The molecule has 2 N–H and O–H groups in total. The largest absolute Gasteiger partial charge is 0.756 e. The number of rotatable bonds is 54. The second-order valence-corrected chi connectivity index (χ2v) is 22.8. The van der Waals surface area contributed by atoms with Crippen LogP contribution in [0.5, 0.6) is 0 Å².